The van der Waals surface area contributed by atoms with Crippen LogP contribution >= 0.6 is 0 Å². The number of rotatable bonds is 3. The fourth-order valence-electron chi connectivity index (χ4n) is 0.456. The van der Waals surface area contributed by atoms with Gasteiger partial charge in [-0.05, 0) is 13.8 Å². The van der Waals surface area contributed by atoms with Gasteiger partial charge < -0.3 is 11.1 Å². The fourth-order valence-corrected chi connectivity index (χ4v) is 0.456. The van der Waals surface area contributed by atoms with E-state index in [1.54, 1.807) is 13.0 Å². The van der Waals surface area contributed by atoms with E-state index in [1.165, 1.54) is 0 Å². The third kappa shape index (κ3) is 3.25. The third-order valence-corrected chi connectivity index (χ3v) is 1.22. The van der Waals surface area contributed by atoms with E-state index in [9.17, 15) is 4.79 Å². The predicted molar refractivity (Wildman–Crippen MR) is 41.5 cm³/mol. The van der Waals surface area contributed by atoms with Crippen molar-refractivity contribution in [2.75, 3.05) is 13.1 Å². The van der Waals surface area contributed by atoms with E-state index in [-0.39, 0.29) is 5.91 Å². The Morgan fingerprint density at radius 1 is 1.70 bits per heavy atom. The number of allylic oxidation sites excluding steroid dienone is 1. The molecule has 3 nitrogen and oxygen atoms in total. The van der Waals surface area contributed by atoms with Crippen molar-refractivity contribution in [1.29, 1.82) is 0 Å². The molecule has 0 aromatic rings. The molecule has 0 rings (SSSR count). The molecule has 0 saturated heterocycles. The second-order valence-corrected chi connectivity index (χ2v) is 2.02. The zero-order valence-electron chi connectivity index (χ0n) is 6.48. The van der Waals surface area contributed by atoms with E-state index in [0.717, 1.165) is 5.57 Å². The highest BCUT2D eigenvalue weighted by atomic mass is 16.1. The Morgan fingerprint density at radius 2 is 2.30 bits per heavy atom. The summed E-state index contributed by atoms with van der Waals surface area (Å²) in [7, 11) is 0. The van der Waals surface area contributed by atoms with Crippen LogP contribution in [0.2, 0.25) is 0 Å². The van der Waals surface area contributed by atoms with Gasteiger partial charge in [0.05, 0.1) is 0 Å². The molecule has 0 radical (unpaired) electrons. The lowest BCUT2D eigenvalue weighted by Crippen LogP contribution is -2.29. The minimum Gasteiger partial charge on any atom is -0.351 e. The first-order valence-corrected chi connectivity index (χ1v) is 3.33. The molecule has 0 aliphatic heterocycles. The van der Waals surface area contributed by atoms with Gasteiger partial charge in [0.1, 0.15) is 0 Å². The number of carbonyl (C=O) groups excluding carboxylic acids is 1. The summed E-state index contributed by atoms with van der Waals surface area (Å²) in [5.41, 5.74) is 5.91. The Morgan fingerprint density at radius 3 is 2.70 bits per heavy atom. The summed E-state index contributed by atoms with van der Waals surface area (Å²) < 4.78 is 0. The smallest absolute Gasteiger partial charge is 0.246 e. The quantitative estimate of drug-likeness (QED) is 0.546. The summed E-state index contributed by atoms with van der Waals surface area (Å²) in [6.45, 7) is 4.63. The minimum absolute atomic E-state index is 0.0343. The second kappa shape index (κ2) is 4.99. The summed E-state index contributed by atoms with van der Waals surface area (Å²) >= 11 is 0. The second-order valence-electron chi connectivity index (χ2n) is 2.02. The molecular weight excluding hydrogens is 128 g/mol. The molecule has 0 aliphatic rings. The van der Waals surface area contributed by atoms with E-state index >= 15 is 0 Å². The lowest BCUT2D eigenvalue weighted by molar-refractivity contribution is -0.117. The average Bonchev–Trinajstić information content (AvgIpc) is 1.98. The largest absolute Gasteiger partial charge is 0.351 e. The molecule has 1 amide bonds. The molecular formula is C7H14N2O. The molecule has 0 unspecified atom stereocenters. The maximum Gasteiger partial charge on any atom is 0.246 e. The maximum absolute atomic E-state index is 10.9. The maximum atomic E-state index is 10.9. The first-order valence-electron chi connectivity index (χ1n) is 3.33. The third-order valence-electron chi connectivity index (χ3n) is 1.22. The Labute approximate surface area is 61.3 Å². The van der Waals surface area contributed by atoms with Crippen molar-refractivity contribution >= 4 is 5.91 Å². The lowest BCUT2D eigenvalue weighted by atomic mass is 10.3. The molecule has 0 bridgehead atoms. The Bertz CT molecular complexity index is 141. The number of hydrogen-bond donors (Lipinski definition) is 2. The van der Waals surface area contributed by atoms with Crippen molar-refractivity contribution in [3.63, 3.8) is 0 Å². The summed E-state index contributed by atoms with van der Waals surface area (Å²) in [6.07, 6.45) is 1.77. The van der Waals surface area contributed by atoms with Crippen LogP contribution in [-0.4, -0.2) is 19.0 Å². The molecule has 0 aromatic heterocycles. The summed E-state index contributed by atoms with van der Waals surface area (Å²) in [6, 6.07) is 0. The normalized spacial score (nSPS) is 11.3. The molecule has 0 spiro atoms. The Kier molecular flexibility index (Phi) is 4.58. The van der Waals surface area contributed by atoms with Crippen LogP contribution in [-0.2, 0) is 4.79 Å². The highest BCUT2D eigenvalue weighted by molar-refractivity contribution is 5.92. The van der Waals surface area contributed by atoms with Crippen molar-refractivity contribution in [3.8, 4) is 0 Å². The van der Waals surface area contributed by atoms with Gasteiger partial charge in [0.2, 0.25) is 5.91 Å². The highest BCUT2D eigenvalue weighted by Gasteiger charge is 1.98. The van der Waals surface area contributed by atoms with Gasteiger partial charge in [-0.2, -0.15) is 0 Å². The molecule has 0 aliphatic carbocycles. The van der Waals surface area contributed by atoms with E-state index in [0.29, 0.717) is 13.1 Å². The Hall–Kier alpha value is -0.830. The van der Waals surface area contributed by atoms with Gasteiger partial charge in [0, 0.05) is 18.7 Å². The minimum atomic E-state index is -0.0343. The van der Waals surface area contributed by atoms with Gasteiger partial charge >= 0.3 is 0 Å². The molecule has 0 heterocycles. The van der Waals surface area contributed by atoms with E-state index in [4.69, 9.17) is 5.73 Å². The van der Waals surface area contributed by atoms with Gasteiger partial charge in [-0.3, -0.25) is 4.79 Å². The molecule has 0 atom stereocenters. The first-order chi connectivity index (χ1) is 4.72. The fraction of sp³-hybridized carbons (Fsp3) is 0.571. The predicted octanol–water partition coefficient (Wildman–Crippen LogP) is 0.0275. The molecule has 3 N–H and O–H groups in total. The van der Waals surface area contributed by atoms with Gasteiger partial charge in [0.15, 0.2) is 0 Å². The zero-order valence-corrected chi connectivity index (χ0v) is 6.48. The lowest BCUT2D eigenvalue weighted by Gasteiger charge is -2.01. The monoisotopic (exact) mass is 142 g/mol. The number of hydrogen-bond acceptors (Lipinski definition) is 2. The average molecular weight is 142 g/mol. The summed E-state index contributed by atoms with van der Waals surface area (Å²) in [5.74, 6) is -0.0343. The topological polar surface area (TPSA) is 55.1 Å². The van der Waals surface area contributed by atoms with Crippen molar-refractivity contribution in [2.24, 2.45) is 5.73 Å². The first kappa shape index (κ1) is 9.17. The van der Waals surface area contributed by atoms with Gasteiger partial charge in [-0.25, -0.2) is 0 Å². The molecule has 0 fully saturated rings. The summed E-state index contributed by atoms with van der Waals surface area (Å²) in [4.78, 5) is 10.9. The standard InChI is InChI=1S/C7H14N2O/c1-3-6(2)7(10)9-5-4-8/h3H,4-5,8H2,1-2H3,(H,9,10)/b6-3-. The van der Waals surface area contributed by atoms with Crippen LogP contribution in [0.25, 0.3) is 0 Å². The zero-order chi connectivity index (χ0) is 7.98. The van der Waals surface area contributed by atoms with Crippen LogP contribution < -0.4 is 11.1 Å². The molecule has 10 heavy (non-hydrogen) atoms. The number of nitrogens with two attached hydrogens (primary N) is 1. The SMILES string of the molecule is C/C=C(/C)C(=O)NCCN. The summed E-state index contributed by atoms with van der Waals surface area (Å²) in [5, 5.41) is 2.65. The molecule has 0 saturated carbocycles. The van der Waals surface area contributed by atoms with Crippen molar-refractivity contribution in [3.05, 3.63) is 11.6 Å². The van der Waals surface area contributed by atoms with Gasteiger partial charge in [0.25, 0.3) is 0 Å². The number of nitrogens with one attached hydrogen (secondary N) is 1. The highest BCUT2D eigenvalue weighted by Crippen LogP contribution is 1.89. The van der Waals surface area contributed by atoms with E-state index in [1.807, 2.05) is 6.92 Å². The van der Waals surface area contributed by atoms with Crippen LogP contribution in [0.5, 0.6) is 0 Å². The van der Waals surface area contributed by atoms with Crippen LogP contribution in [0.4, 0.5) is 0 Å². The number of amides is 1. The van der Waals surface area contributed by atoms with E-state index in [2.05, 4.69) is 5.32 Å². The van der Waals surface area contributed by atoms with Gasteiger partial charge in [-0.1, -0.05) is 6.08 Å². The van der Waals surface area contributed by atoms with E-state index < -0.39 is 0 Å². The Balaban J connectivity index is 3.63. The van der Waals surface area contributed by atoms with Crippen LogP contribution in [0.15, 0.2) is 11.6 Å². The van der Waals surface area contributed by atoms with Crippen LogP contribution in [0, 0.1) is 0 Å². The molecule has 3 heteroatoms. The van der Waals surface area contributed by atoms with Crippen molar-refractivity contribution < 1.29 is 4.79 Å². The van der Waals surface area contributed by atoms with Gasteiger partial charge in [-0.15, -0.1) is 0 Å². The van der Waals surface area contributed by atoms with Crippen molar-refractivity contribution in [1.82, 2.24) is 5.32 Å². The molecule has 0 aromatic carbocycles. The van der Waals surface area contributed by atoms with Crippen LogP contribution in [0.3, 0.4) is 0 Å². The van der Waals surface area contributed by atoms with Crippen LogP contribution in [0.1, 0.15) is 13.8 Å². The van der Waals surface area contributed by atoms with Crippen molar-refractivity contribution in [2.45, 2.75) is 13.8 Å². The number of carbonyl (C=O) groups is 1. The molecule has 58 valence electrons.